The van der Waals surface area contributed by atoms with Gasteiger partial charge in [-0.15, -0.1) is 11.3 Å². The zero-order valence-corrected chi connectivity index (χ0v) is 16.6. The van der Waals surface area contributed by atoms with E-state index in [1.807, 2.05) is 31.2 Å². The van der Waals surface area contributed by atoms with Gasteiger partial charge < -0.3 is 14.8 Å². The molecule has 0 unspecified atom stereocenters. The molecule has 0 aliphatic carbocycles. The van der Waals surface area contributed by atoms with Crippen molar-refractivity contribution in [1.29, 1.82) is 0 Å². The Morgan fingerprint density at radius 2 is 1.86 bits per heavy atom. The molecule has 0 spiro atoms. The molecule has 0 bridgehead atoms. The van der Waals surface area contributed by atoms with Gasteiger partial charge >= 0.3 is 5.97 Å². The maximum atomic E-state index is 12.6. The van der Waals surface area contributed by atoms with Gasteiger partial charge in [0, 0.05) is 5.69 Å². The zero-order chi connectivity index (χ0) is 20.1. The Labute approximate surface area is 167 Å². The molecule has 0 atom stereocenters. The third-order valence-electron chi connectivity index (χ3n) is 3.97. The van der Waals surface area contributed by atoms with Crippen LogP contribution in [0.25, 0.3) is 0 Å². The Bertz CT molecular complexity index is 996. The van der Waals surface area contributed by atoms with Crippen LogP contribution in [0.2, 0.25) is 0 Å². The summed E-state index contributed by atoms with van der Waals surface area (Å²) in [6, 6.07) is 14.3. The van der Waals surface area contributed by atoms with Crippen molar-refractivity contribution in [2.75, 3.05) is 12.4 Å². The minimum Gasteiger partial charge on any atom is -0.486 e. The first-order valence-electron chi connectivity index (χ1n) is 8.62. The van der Waals surface area contributed by atoms with E-state index < -0.39 is 5.97 Å². The van der Waals surface area contributed by atoms with Gasteiger partial charge in [-0.25, -0.2) is 9.78 Å². The summed E-state index contributed by atoms with van der Waals surface area (Å²) < 4.78 is 10.4. The Hall–Kier alpha value is -3.19. The number of carbonyl (C=O) groups excluding carboxylic acids is 2. The molecule has 3 rings (SSSR count). The van der Waals surface area contributed by atoms with Gasteiger partial charge in [0.05, 0.1) is 18.4 Å². The molecule has 0 radical (unpaired) electrons. The number of esters is 1. The van der Waals surface area contributed by atoms with Crippen molar-refractivity contribution in [1.82, 2.24) is 4.98 Å². The van der Waals surface area contributed by atoms with Gasteiger partial charge in [-0.05, 0) is 44.2 Å². The van der Waals surface area contributed by atoms with Crippen molar-refractivity contribution in [3.05, 3.63) is 75.2 Å². The maximum absolute atomic E-state index is 12.6. The lowest BCUT2D eigenvalue weighted by Crippen LogP contribution is -2.12. The Morgan fingerprint density at radius 1 is 1.11 bits per heavy atom. The van der Waals surface area contributed by atoms with E-state index in [-0.39, 0.29) is 5.91 Å². The smallest absolute Gasteiger partial charge is 0.337 e. The summed E-state index contributed by atoms with van der Waals surface area (Å²) >= 11 is 1.28. The average Bonchev–Trinajstić information content (AvgIpc) is 3.08. The van der Waals surface area contributed by atoms with Crippen LogP contribution in [0.4, 0.5) is 5.69 Å². The molecule has 0 saturated carbocycles. The number of aryl methyl sites for hydroxylation is 2. The van der Waals surface area contributed by atoms with Crippen molar-refractivity contribution in [2.24, 2.45) is 0 Å². The number of benzene rings is 2. The van der Waals surface area contributed by atoms with E-state index in [4.69, 9.17) is 9.47 Å². The number of methoxy groups -OCH3 is 1. The highest BCUT2D eigenvalue weighted by molar-refractivity contribution is 7.13. The number of nitrogens with zero attached hydrogens (tertiary/aromatic N) is 1. The van der Waals surface area contributed by atoms with Crippen LogP contribution in [0.1, 0.15) is 36.3 Å². The first-order valence-corrected chi connectivity index (χ1v) is 9.43. The summed E-state index contributed by atoms with van der Waals surface area (Å²) in [5, 5.41) is 3.51. The Balaban J connectivity index is 1.67. The summed E-state index contributed by atoms with van der Waals surface area (Å²) in [7, 11) is 1.31. The second kappa shape index (κ2) is 8.67. The molecule has 144 valence electrons. The molecule has 1 heterocycles. The summed E-state index contributed by atoms with van der Waals surface area (Å²) in [6.07, 6.45) is 0. The van der Waals surface area contributed by atoms with Crippen molar-refractivity contribution in [2.45, 2.75) is 20.5 Å². The van der Waals surface area contributed by atoms with Gasteiger partial charge in [0.15, 0.2) is 0 Å². The molecular formula is C21H20N2O4S. The van der Waals surface area contributed by atoms with Crippen LogP contribution < -0.4 is 10.1 Å². The third-order valence-corrected chi connectivity index (χ3v) is 5.10. The summed E-state index contributed by atoms with van der Waals surface area (Å²) in [6.45, 7) is 4.09. The van der Waals surface area contributed by atoms with E-state index in [1.165, 1.54) is 18.4 Å². The zero-order valence-electron chi connectivity index (χ0n) is 15.8. The lowest BCUT2D eigenvalue weighted by atomic mass is 10.2. The molecule has 1 amide bonds. The fourth-order valence-electron chi connectivity index (χ4n) is 2.53. The molecule has 28 heavy (non-hydrogen) atoms. The number of nitrogens with one attached hydrogen (secondary N) is 1. The second-order valence-electron chi connectivity index (χ2n) is 6.15. The molecule has 2 aromatic carbocycles. The van der Waals surface area contributed by atoms with Crippen LogP contribution in [-0.4, -0.2) is 24.0 Å². The molecule has 0 aliphatic rings. The number of aromatic nitrogens is 1. The van der Waals surface area contributed by atoms with E-state index in [0.717, 1.165) is 11.3 Å². The number of carbonyl (C=O) groups is 2. The average molecular weight is 396 g/mol. The van der Waals surface area contributed by atoms with Crippen LogP contribution in [-0.2, 0) is 11.3 Å². The highest BCUT2D eigenvalue weighted by Crippen LogP contribution is 2.22. The number of rotatable bonds is 6. The topological polar surface area (TPSA) is 77.5 Å². The summed E-state index contributed by atoms with van der Waals surface area (Å²) in [5.41, 5.74) is 2.67. The lowest BCUT2D eigenvalue weighted by Gasteiger charge is -2.06. The van der Waals surface area contributed by atoms with E-state index in [9.17, 15) is 9.59 Å². The first kappa shape index (κ1) is 19.6. The maximum Gasteiger partial charge on any atom is 0.337 e. The van der Waals surface area contributed by atoms with E-state index in [0.29, 0.717) is 33.4 Å². The van der Waals surface area contributed by atoms with E-state index in [2.05, 4.69) is 10.3 Å². The first-order chi connectivity index (χ1) is 13.5. The fourth-order valence-corrected chi connectivity index (χ4v) is 3.41. The molecule has 6 nitrogen and oxygen atoms in total. The monoisotopic (exact) mass is 396 g/mol. The van der Waals surface area contributed by atoms with E-state index >= 15 is 0 Å². The molecule has 0 saturated heterocycles. The molecule has 7 heteroatoms. The van der Waals surface area contributed by atoms with Crippen molar-refractivity contribution in [3.8, 4) is 5.75 Å². The molecule has 0 fully saturated rings. The third kappa shape index (κ3) is 4.75. The predicted octanol–water partition coefficient (Wildman–Crippen LogP) is 4.38. The molecule has 3 aromatic rings. The molecule has 1 aromatic heterocycles. The van der Waals surface area contributed by atoms with Crippen LogP contribution in [0, 0.1) is 13.8 Å². The minimum atomic E-state index is -0.458. The van der Waals surface area contributed by atoms with Gasteiger partial charge in [-0.3, -0.25) is 4.79 Å². The SMILES string of the molecule is COC(=O)c1cccc(NC(=O)c2sc(COc3ccc(C)cc3)nc2C)c1. The highest BCUT2D eigenvalue weighted by Gasteiger charge is 2.16. The molecule has 1 N–H and O–H groups in total. The number of anilines is 1. The quantitative estimate of drug-likeness (QED) is 0.626. The molecular weight excluding hydrogens is 376 g/mol. The largest absolute Gasteiger partial charge is 0.486 e. The number of hydrogen-bond donors (Lipinski definition) is 1. The second-order valence-corrected chi connectivity index (χ2v) is 7.23. The Kier molecular flexibility index (Phi) is 6.06. The fraction of sp³-hybridized carbons (Fsp3) is 0.190. The predicted molar refractivity (Wildman–Crippen MR) is 108 cm³/mol. The number of thiazole rings is 1. The van der Waals surface area contributed by atoms with Crippen LogP contribution >= 0.6 is 11.3 Å². The van der Waals surface area contributed by atoms with Gasteiger partial charge in [0.1, 0.15) is 22.2 Å². The lowest BCUT2D eigenvalue weighted by molar-refractivity contribution is 0.0600. The summed E-state index contributed by atoms with van der Waals surface area (Å²) in [5.74, 6) is 0.0169. The highest BCUT2D eigenvalue weighted by atomic mass is 32.1. The minimum absolute atomic E-state index is 0.279. The number of hydrogen-bond acceptors (Lipinski definition) is 6. The van der Waals surface area contributed by atoms with Gasteiger partial charge in [-0.1, -0.05) is 23.8 Å². The number of ether oxygens (including phenoxy) is 2. The van der Waals surface area contributed by atoms with Crippen LogP contribution in [0.3, 0.4) is 0 Å². The standard InChI is InChI=1S/C21H20N2O4S/c1-13-7-9-17(10-8-13)27-12-18-22-14(2)19(28-18)20(24)23-16-6-4-5-15(11-16)21(25)26-3/h4-11H,12H2,1-3H3,(H,23,24). The number of amides is 1. The van der Waals surface area contributed by atoms with Crippen molar-refractivity contribution >= 4 is 28.9 Å². The normalized spacial score (nSPS) is 10.4. The van der Waals surface area contributed by atoms with E-state index in [1.54, 1.807) is 31.2 Å². The van der Waals surface area contributed by atoms with Gasteiger partial charge in [0.2, 0.25) is 0 Å². The Morgan fingerprint density at radius 3 is 2.57 bits per heavy atom. The molecule has 0 aliphatic heterocycles. The van der Waals surface area contributed by atoms with Gasteiger partial charge in [0.25, 0.3) is 5.91 Å². The van der Waals surface area contributed by atoms with Crippen molar-refractivity contribution in [3.63, 3.8) is 0 Å². The van der Waals surface area contributed by atoms with Crippen molar-refractivity contribution < 1.29 is 19.1 Å². The van der Waals surface area contributed by atoms with Crippen LogP contribution in [0.5, 0.6) is 5.75 Å². The summed E-state index contributed by atoms with van der Waals surface area (Å²) in [4.78, 5) is 29.2. The van der Waals surface area contributed by atoms with Crippen LogP contribution in [0.15, 0.2) is 48.5 Å². The van der Waals surface area contributed by atoms with Gasteiger partial charge in [-0.2, -0.15) is 0 Å².